The van der Waals surface area contributed by atoms with Crippen molar-refractivity contribution in [2.24, 2.45) is 0 Å². The maximum absolute atomic E-state index is 11.9. The summed E-state index contributed by atoms with van der Waals surface area (Å²) < 4.78 is 26.4. The van der Waals surface area contributed by atoms with Gasteiger partial charge in [-0.15, -0.1) is 0 Å². The molecule has 0 aromatic carbocycles. The molecule has 0 radical (unpaired) electrons. The van der Waals surface area contributed by atoms with Crippen molar-refractivity contribution >= 4 is 10.2 Å². The molecule has 98 valence electrons. The van der Waals surface area contributed by atoms with Crippen LogP contribution in [0.25, 0.3) is 0 Å². The average Bonchev–Trinajstić information content (AvgIpc) is 2.29. The number of hydrogen-bond acceptors (Lipinski definition) is 4. The van der Waals surface area contributed by atoms with Gasteiger partial charge in [-0.1, -0.05) is 0 Å². The predicted octanol–water partition coefficient (Wildman–Crippen LogP) is -0.287. The molecule has 6 nitrogen and oxygen atoms in total. The first-order valence-corrected chi connectivity index (χ1v) is 6.95. The summed E-state index contributed by atoms with van der Waals surface area (Å²) in [5.41, 5.74) is -0.534. The summed E-state index contributed by atoms with van der Waals surface area (Å²) in [5.74, 6) is 0. The zero-order valence-electron chi connectivity index (χ0n) is 10.8. The van der Waals surface area contributed by atoms with Gasteiger partial charge in [0.15, 0.2) is 0 Å². The van der Waals surface area contributed by atoms with Crippen LogP contribution in [0.1, 0.15) is 13.8 Å². The van der Waals surface area contributed by atoms with Crippen LogP contribution < -0.4 is 0 Å². The van der Waals surface area contributed by atoms with Gasteiger partial charge < -0.3 is 0 Å². The van der Waals surface area contributed by atoms with Gasteiger partial charge in [0.05, 0.1) is 6.07 Å². The Morgan fingerprint density at radius 3 is 2.00 bits per heavy atom. The Morgan fingerprint density at radius 1 is 1.18 bits per heavy atom. The highest BCUT2D eigenvalue weighted by Gasteiger charge is 2.34. The third-order valence-electron chi connectivity index (χ3n) is 3.09. The summed E-state index contributed by atoms with van der Waals surface area (Å²) in [6.07, 6.45) is 0. The van der Waals surface area contributed by atoms with E-state index in [-0.39, 0.29) is 0 Å². The molecule has 7 heteroatoms. The molecule has 0 aromatic rings. The molecule has 0 aliphatic carbocycles. The van der Waals surface area contributed by atoms with Gasteiger partial charge in [-0.3, -0.25) is 4.90 Å². The first kappa shape index (κ1) is 14.4. The Labute approximate surface area is 104 Å². The monoisotopic (exact) mass is 260 g/mol. The topological polar surface area (TPSA) is 67.7 Å². The van der Waals surface area contributed by atoms with Crippen LogP contribution >= 0.6 is 0 Å². The van der Waals surface area contributed by atoms with Gasteiger partial charge >= 0.3 is 0 Å². The molecular weight excluding hydrogens is 240 g/mol. The molecule has 1 rings (SSSR count). The number of nitrogens with zero attached hydrogens (tertiary/aromatic N) is 4. The van der Waals surface area contributed by atoms with Gasteiger partial charge in [0.25, 0.3) is 10.2 Å². The lowest BCUT2D eigenvalue weighted by molar-refractivity contribution is 0.113. The standard InChI is InChI=1S/C10H20N4O2S/c1-10(2,9-11)13-5-7-14(8-6-13)17(15,16)12(3)4/h5-8H2,1-4H3. The summed E-state index contributed by atoms with van der Waals surface area (Å²) in [5, 5.41) is 9.03. The zero-order chi connectivity index (χ0) is 13.3. The Bertz CT molecular complexity index is 403. The first-order chi connectivity index (χ1) is 7.71. The van der Waals surface area contributed by atoms with E-state index in [1.54, 1.807) is 0 Å². The lowest BCUT2D eigenvalue weighted by Gasteiger charge is -2.40. The Hall–Kier alpha value is -0.680. The summed E-state index contributed by atoms with van der Waals surface area (Å²) in [6, 6.07) is 2.23. The third kappa shape index (κ3) is 2.96. The van der Waals surface area contributed by atoms with Gasteiger partial charge in [-0.2, -0.15) is 22.3 Å². The third-order valence-corrected chi connectivity index (χ3v) is 5.03. The van der Waals surface area contributed by atoms with Crippen molar-refractivity contribution in [2.75, 3.05) is 40.3 Å². The van der Waals surface area contributed by atoms with Crippen LogP contribution in [0.4, 0.5) is 0 Å². The second-order valence-electron chi connectivity index (χ2n) is 4.85. The molecule has 17 heavy (non-hydrogen) atoms. The lowest BCUT2D eigenvalue weighted by atomic mass is 10.0. The first-order valence-electron chi connectivity index (χ1n) is 5.56. The molecule has 1 aliphatic heterocycles. The molecule has 1 aliphatic rings. The van der Waals surface area contributed by atoms with Crippen molar-refractivity contribution in [2.45, 2.75) is 19.4 Å². The van der Waals surface area contributed by atoms with Crippen molar-refractivity contribution in [1.82, 2.24) is 13.5 Å². The van der Waals surface area contributed by atoms with Crippen LogP contribution in [-0.2, 0) is 10.2 Å². The lowest BCUT2D eigenvalue weighted by Crippen LogP contribution is -2.56. The van der Waals surface area contributed by atoms with E-state index in [0.717, 1.165) is 0 Å². The van der Waals surface area contributed by atoms with Gasteiger partial charge in [-0.05, 0) is 13.8 Å². The van der Waals surface area contributed by atoms with E-state index in [9.17, 15) is 8.42 Å². The van der Waals surface area contributed by atoms with Gasteiger partial charge in [0, 0.05) is 40.3 Å². The van der Waals surface area contributed by atoms with Crippen LogP contribution in [0.15, 0.2) is 0 Å². The fraction of sp³-hybridized carbons (Fsp3) is 0.900. The van der Waals surface area contributed by atoms with E-state index in [2.05, 4.69) is 6.07 Å². The maximum Gasteiger partial charge on any atom is 0.281 e. The molecule has 1 saturated heterocycles. The van der Waals surface area contributed by atoms with Gasteiger partial charge in [-0.25, -0.2) is 0 Å². The van der Waals surface area contributed by atoms with E-state index < -0.39 is 15.7 Å². The number of hydrogen-bond donors (Lipinski definition) is 0. The second kappa shape index (κ2) is 4.90. The van der Waals surface area contributed by atoms with E-state index >= 15 is 0 Å². The van der Waals surface area contributed by atoms with Crippen molar-refractivity contribution in [3.63, 3.8) is 0 Å². The zero-order valence-corrected chi connectivity index (χ0v) is 11.7. The van der Waals surface area contributed by atoms with Crippen molar-refractivity contribution in [3.8, 4) is 6.07 Å². The normalized spacial score (nSPS) is 20.5. The molecule has 0 N–H and O–H groups in total. The quantitative estimate of drug-likeness (QED) is 0.699. The highest BCUT2D eigenvalue weighted by atomic mass is 32.2. The summed E-state index contributed by atoms with van der Waals surface area (Å²) in [6.45, 7) is 5.75. The molecule has 0 aromatic heterocycles. The molecular formula is C10H20N4O2S. The molecule has 1 heterocycles. The fourth-order valence-electron chi connectivity index (χ4n) is 1.78. The Kier molecular flexibility index (Phi) is 4.15. The fourth-order valence-corrected chi connectivity index (χ4v) is 2.87. The summed E-state index contributed by atoms with van der Waals surface area (Å²) >= 11 is 0. The SMILES string of the molecule is CN(C)S(=O)(=O)N1CCN(C(C)(C)C#N)CC1. The molecule has 0 unspecified atom stereocenters. The van der Waals surface area contributed by atoms with E-state index in [4.69, 9.17) is 5.26 Å². The van der Waals surface area contributed by atoms with Crippen molar-refractivity contribution in [3.05, 3.63) is 0 Å². The van der Waals surface area contributed by atoms with Crippen LogP contribution in [0.3, 0.4) is 0 Å². The highest BCUT2D eigenvalue weighted by molar-refractivity contribution is 7.86. The molecule has 0 bridgehead atoms. The minimum atomic E-state index is -3.32. The average molecular weight is 260 g/mol. The van der Waals surface area contributed by atoms with Crippen LogP contribution in [0.2, 0.25) is 0 Å². The number of rotatable bonds is 3. The minimum Gasteiger partial charge on any atom is -0.283 e. The minimum absolute atomic E-state index is 0.436. The van der Waals surface area contributed by atoms with Crippen LogP contribution in [-0.4, -0.2) is 67.7 Å². The van der Waals surface area contributed by atoms with Crippen molar-refractivity contribution in [1.29, 1.82) is 5.26 Å². The predicted molar refractivity (Wildman–Crippen MR) is 65.4 cm³/mol. The number of piperazine rings is 1. The molecule has 0 saturated carbocycles. The largest absolute Gasteiger partial charge is 0.283 e. The molecule has 1 fully saturated rings. The van der Waals surface area contributed by atoms with E-state index in [0.29, 0.717) is 26.2 Å². The second-order valence-corrected chi connectivity index (χ2v) is 6.99. The summed E-state index contributed by atoms with van der Waals surface area (Å²) in [4.78, 5) is 2.01. The Balaban J connectivity index is 2.68. The van der Waals surface area contributed by atoms with Crippen LogP contribution in [0.5, 0.6) is 0 Å². The van der Waals surface area contributed by atoms with E-state index in [1.807, 2.05) is 18.7 Å². The molecule has 0 spiro atoms. The smallest absolute Gasteiger partial charge is 0.281 e. The van der Waals surface area contributed by atoms with E-state index in [1.165, 1.54) is 22.7 Å². The van der Waals surface area contributed by atoms with Crippen molar-refractivity contribution < 1.29 is 8.42 Å². The maximum atomic E-state index is 11.9. The summed E-state index contributed by atoms with van der Waals surface area (Å²) in [7, 11) is -0.261. The highest BCUT2D eigenvalue weighted by Crippen LogP contribution is 2.17. The molecule has 0 amide bonds. The van der Waals surface area contributed by atoms with Gasteiger partial charge in [0.1, 0.15) is 5.54 Å². The molecule has 0 atom stereocenters. The number of nitriles is 1. The van der Waals surface area contributed by atoms with Gasteiger partial charge in [0.2, 0.25) is 0 Å². The Morgan fingerprint density at radius 2 is 1.65 bits per heavy atom. The van der Waals surface area contributed by atoms with Crippen LogP contribution in [0, 0.1) is 11.3 Å².